The van der Waals surface area contributed by atoms with Crippen LogP contribution in [0.4, 0.5) is 0 Å². The number of rotatable bonds is 3. The molecule has 0 radical (unpaired) electrons. The van der Waals surface area contributed by atoms with E-state index in [9.17, 15) is 9.59 Å². The first-order chi connectivity index (χ1) is 8.89. The second-order valence-corrected chi connectivity index (χ2v) is 11.5. The first kappa shape index (κ1) is 14.6. The van der Waals surface area contributed by atoms with Crippen LogP contribution in [0.1, 0.15) is 44.9 Å². The summed E-state index contributed by atoms with van der Waals surface area (Å²) in [5.41, 5.74) is 0. The van der Waals surface area contributed by atoms with Gasteiger partial charge in [-0.25, -0.2) is 4.79 Å². The fourth-order valence-electron chi connectivity index (χ4n) is 3.17. The standard InChI is InChI=1S/C14H25NO3Si/c1-19(2,3)15-12(9-10-13(15)16)14(17)18-11-7-5-4-6-8-11/h11-12H,4-10H2,1-3H3. The Labute approximate surface area is 116 Å². The molecule has 19 heavy (non-hydrogen) atoms. The monoisotopic (exact) mass is 283 g/mol. The van der Waals surface area contributed by atoms with E-state index in [1.807, 2.05) is 4.57 Å². The van der Waals surface area contributed by atoms with E-state index in [-0.39, 0.29) is 24.0 Å². The lowest BCUT2D eigenvalue weighted by Crippen LogP contribution is -2.54. The number of carbonyl (C=O) groups is 2. The third-order valence-corrected chi connectivity index (χ3v) is 6.05. The SMILES string of the molecule is C[Si](C)(C)N1C(=O)CCC1C(=O)OC1CCCCC1. The summed E-state index contributed by atoms with van der Waals surface area (Å²) >= 11 is 0. The van der Waals surface area contributed by atoms with Crippen molar-refractivity contribution in [2.45, 2.75) is 76.7 Å². The summed E-state index contributed by atoms with van der Waals surface area (Å²) in [6.07, 6.45) is 6.73. The van der Waals surface area contributed by atoms with E-state index in [4.69, 9.17) is 4.74 Å². The molecule has 5 heteroatoms. The molecule has 1 atom stereocenters. The van der Waals surface area contributed by atoms with Crippen molar-refractivity contribution in [3.8, 4) is 0 Å². The van der Waals surface area contributed by atoms with Gasteiger partial charge in [-0.3, -0.25) is 4.79 Å². The predicted octanol–water partition coefficient (Wildman–Crippen LogP) is 2.69. The molecule has 0 aromatic heterocycles. The molecule has 1 aliphatic carbocycles. The smallest absolute Gasteiger partial charge is 0.328 e. The second-order valence-electron chi connectivity index (χ2n) is 6.69. The molecule has 2 aliphatic rings. The molecule has 0 bridgehead atoms. The lowest BCUT2D eigenvalue weighted by atomic mass is 9.98. The van der Waals surface area contributed by atoms with E-state index in [1.54, 1.807) is 0 Å². The molecule has 0 N–H and O–H groups in total. The maximum atomic E-state index is 12.3. The summed E-state index contributed by atoms with van der Waals surface area (Å²) < 4.78 is 7.48. The third kappa shape index (κ3) is 3.38. The number of hydrogen-bond donors (Lipinski definition) is 0. The summed E-state index contributed by atoms with van der Waals surface area (Å²) in [6, 6.07) is -0.318. The Bertz CT molecular complexity index is 358. The van der Waals surface area contributed by atoms with Gasteiger partial charge in [-0.1, -0.05) is 26.1 Å². The van der Waals surface area contributed by atoms with Gasteiger partial charge in [-0.15, -0.1) is 0 Å². The van der Waals surface area contributed by atoms with Crippen LogP contribution in [-0.4, -0.2) is 36.8 Å². The fraction of sp³-hybridized carbons (Fsp3) is 0.857. The molecule has 2 rings (SSSR count). The van der Waals surface area contributed by atoms with E-state index >= 15 is 0 Å². The van der Waals surface area contributed by atoms with Crippen LogP contribution < -0.4 is 0 Å². The first-order valence-corrected chi connectivity index (χ1v) is 10.9. The zero-order valence-corrected chi connectivity index (χ0v) is 13.3. The highest BCUT2D eigenvalue weighted by molar-refractivity contribution is 6.75. The van der Waals surface area contributed by atoms with Gasteiger partial charge in [0.1, 0.15) is 12.1 Å². The van der Waals surface area contributed by atoms with Gasteiger partial charge >= 0.3 is 5.97 Å². The van der Waals surface area contributed by atoms with E-state index in [1.165, 1.54) is 6.42 Å². The Hall–Kier alpha value is -0.843. The molecule has 1 unspecified atom stereocenters. The van der Waals surface area contributed by atoms with E-state index < -0.39 is 8.24 Å². The second kappa shape index (κ2) is 5.65. The molecule has 1 saturated heterocycles. The Morgan fingerprint density at radius 3 is 2.37 bits per heavy atom. The van der Waals surface area contributed by atoms with Gasteiger partial charge in [0, 0.05) is 6.42 Å². The van der Waals surface area contributed by atoms with Gasteiger partial charge in [-0.2, -0.15) is 0 Å². The Morgan fingerprint density at radius 2 is 1.79 bits per heavy atom. The molecule has 1 saturated carbocycles. The van der Waals surface area contributed by atoms with Crippen LogP contribution in [0.3, 0.4) is 0 Å². The summed E-state index contributed by atoms with van der Waals surface area (Å²) in [7, 11) is -1.80. The molecule has 0 spiro atoms. The Kier molecular flexibility index (Phi) is 4.33. The topological polar surface area (TPSA) is 46.6 Å². The maximum absolute atomic E-state index is 12.3. The molecule has 1 aliphatic heterocycles. The van der Waals surface area contributed by atoms with Gasteiger partial charge in [0.05, 0.1) is 0 Å². The molecule has 108 valence electrons. The third-order valence-electron chi connectivity index (χ3n) is 4.04. The molecular formula is C14H25NO3Si. The molecule has 0 aromatic carbocycles. The highest BCUT2D eigenvalue weighted by Gasteiger charge is 2.44. The number of nitrogens with zero attached hydrogens (tertiary/aromatic N) is 1. The van der Waals surface area contributed by atoms with Gasteiger partial charge < -0.3 is 9.30 Å². The van der Waals surface area contributed by atoms with Crippen LogP contribution >= 0.6 is 0 Å². The maximum Gasteiger partial charge on any atom is 0.328 e. The summed E-state index contributed by atoms with van der Waals surface area (Å²) in [5.74, 6) is -0.0371. The average Bonchev–Trinajstić information content (AvgIpc) is 2.72. The van der Waals surface area contributed by atoms with E-state index in [0.717, 1.165) is 25.7 Å². The molecule has 2 fully saturated rings. The molecule has 0 aromatic rings. The molecule has 1 amide bonds. The number of amides is 1. The molecule has 4 nitrogen and oxygen atoms in total. The number of hydrogen-bond acceptors (Lipinski definition) is 3. The highest BCUT2D eigenvalue weighted by Crippen LogP contribution is 2.28. The van der Waals surface area contributed by atoms with Gasteiger partial charge in [-0.05, 0) is 32.1 Å². The number of esters is 1. The fourth-order valence-corrected chi connectivity index (χ4v) is 5.20. The van der Waals surface area contributed by atoms with E-state index in [0.29, 0.717) is 12.8 Å². The molecular weight excluding hydrogens is 258 g/mol. The summed E-state index contributed by atoms with van der Waals surface area (Å²) in [5, 5.41) is 0. The molecule has 1 heterocycles. The minimum Gasteiger partial charge on any atom is -0.461 e. The van der Waals surface area contributed by atoms with Crippen LogP contribution in [0, 0.1) is 0 Å². The van der Waals surface area contributed by atoms with Gasteiger partial charge in [0.15, 0.2) is 8.24 Å². The highest BCUT2D eigenvalue weighted by atomic mass is 28.3. The lowest BCUT2D eigenvalue weighted by molar-refractivity contribution is -0.156. The minimum absolute atomic E-state index is 0.0837. The Morgan fingerprint density at radius 1 is 1.16 bits per heavy atom. The zero-order chi connectivity index (χ0) is 14.0. The Balaban J connectivity index is 1.99. The summed E-state index contributed by atoms with van der Waals surface area (Å²) in [6.45, 7) is 6.32. The quantitative estimate of drug-likeness (QED) is 0.591. The van der Waals surface area contributed by atoms with Crippen LogP contribution in [-0.2, 0) is 14.3 Å². The van der Waals surface area contributed by atoms with Crippen molar-refractivity contribution in [1.82, 2.24) is 4.57 Å². The van der Waals surface area contributed by atoms with Crippen LogP contribution in [0.25, 0.3) is 0 Å². The summed E-state index contributed by atoms with van der Waals surface area (Å²) in [4.78, 5) is 24.3. The van der Waals surface area contributed by atoms with Crippen molar-refractivity contribution in [2.75, 3.05) is 0 Å². The zero-order valence-electron chi connectivity index (χ0n) is 12.3. The van der Waals surface area contributed by atoms with Gasteiger partial charge in [0.2, 0.25) is 5.91 Å². The lowest BCUT2D eigenvalue weighted by Gasteiger charge is -2.35. The largest absolute Gasteiger partial charge is 0.461 e. The van der Waals surface area contributed by atoms with Crippen molar-refractivity contribution in [3.63, 3.8) is 0 Å². The van der Waals surface area contributed by atoms with E-state index in [2.05, 4.69) is 19.6 Å². The van der Waals surface area contributed by atoms with Crippen molar-refractivity contribution in [1.29, 1.82) is 0 Å². The van der Waals surface area contributed by atoms with Crippen LogP contribution in [0.2, 0.25) is 19.6 Å². The number of carbonyl (C=O) groups excluding carboxylic acids is 2. The van der Waals surface area contributed by atoms with Crippen LogP contribution in [0.15, 0.2) is 0 Å². The number of ether oxygens (including phenoxy) is 1. The van der Waals surface area contributed by atoms with Crippen LogP contribution in [0.5, 0.6) is 0 Å². The van der Waals surface area contributed by atoms with Crippen molar-refractivity contribution in [2.24, 2.45) is 0 Å². The van der Waals surface area contributed by atoms with Gasteiger partial charge in [0.25, 0.3) is 0 Å². The predicted molar refractivity (Wildman–Crippen MR) is 76.2 cm³/mol. The first-order valence-electron chi connectivity index (χ1n) is 7.42. The van der Waals surface area contributed by atoms with Crippen molar-refractivity contribution in [3.05, 3.63) is 0 Å². The van der Waals surface area contributed by atoms with Crippen molar-refractivity contribution < 1.29 is 14.3 Å². The normalized spacial score (nSPS) is 25.7. The average molecular weight is 283 g/mol. The minimum atomic E-state index is -1.80. The van der Waals surface area contributed by atoms with Crippen molar-refractivity contribution >= 4 is 20.1 Å².